The molecule has 2 N–H and O–H groups in total. The summed E-state index contributed by atoms with van der Waals surface area (Å²) in [7, 11) is 0. The molecule has 7 heteroatoms. The topological polar surface area (TPSA) is 52.3 Å². The van der Waals surface area contributed by atoms with Crippen molar-refractivity contribution in [2.24, 2.45) is 5.73 Å². The van der Waals surface area contributed by atoms with E-state index in [4.69, 9.17) is 10.5 Å². The molecule has 0 heterocycles. The van der Waals surface area contributed by atoms with Crippen molar-refractivity contribution in [3.05, 3.63) is 35.4 Å². The number of carbonyl (C=O) groups excluding carboxylic acids is 1. The highest BCUT2D eigenvalue weighted by molar-refractivity contribution is 7.98. The molecular formula is C14H18F3NO2S. The van der Waals surface area contributed by atoms with E-state index in [1.165, 1.54) is 17.8 Å². The Kier molecular flexibility index (Phi) is 7.04. The van der Waals surface area contributed by atoms with E-state index in [1.54, 1.807) is 13.0 Å². The lowest BCUT2D eigenvalue weighted by atomic mass is 10.1. The highest BCUT2D eigenvalue weighted by Gasteiger charge is 2.30. The van der Waals surface area contributed by atoms with Gasteiger partial charge in [0, 0.05) is 5.75 Å². The number of carbonyl (C=O) groups is 1. The first-order valence-corrected chi connectivity index (χ1v) is 7.66. The maximum Gasteiger partial charge on any atom is 0.416 e. The molecule has 0 aromatic heterocycles. The Bertz CT molecular complexity index is 466. The fourth-order valence-corrected chi connectivity index (χ4v) is 2.59. The van der Waals surface area contributed by atoms with Gasteiger partial charge in [0.05, 0.1) is 12.2 Å². The quantitative estimate of drug-likeness (QED) is 0.619. The van der Waals surface area contributed by atoms with Gasteiger partial charge in [-0.1, -0.05) is 18.2 Å². The van der Waals surface area contributed by atoms with E-state index in [2.05, 4.69) is 0 Å². The fourth-order valence-electron chi connectivity index (χ4n) is 1.60. The van der Waals surface area contributed by atoms with E-state index in [-0.39, 0.29) is 6.61 Å². The minimum atomic E-state index is -4.33. The average Bonchev–Trinajstić information content (AvgIpc) is 2.43. The van der Waals surface area contributed by atoms with Crippen molar-refractivity contribution in [3.63, 3.8) is 0 Å². The van der Waals surface area contributed by atoms with Crippen molar-refractivity contribution in [1.29, 1.82) is 0 Å². The largest absolute Gasteiger partial charge is 0.465 e. The van der Waals surface area contributed by atoms with Crippen LogP contribution in [0.15, 0.2) is 24.3 Å². The summed E-state index contributed by atoms with van der Waals surface area (Å²) in [6, 6.07) is 4.54. The second-order valence-electron chi connectivity index (χ2n) is 4.40. The lowest BCUT2D eigenvalue weighted by Crippen LogP contribution is -2.32. The highest BCUT2D eigenvalue weighted by atomic mass is 32.2. The fraction of sp³-hybridized carbons (Fsp3) is 0.500. The molecule has 1 atom stereocenters. The molecule has 0 amide bonds. The first kappa shape index (κ1) is 17.8. The minimum Gasteiger partial charge on any atom is -0.465 e. The van der Waals surface area contributed by atoms with Crippen LogP contribution < -0.4 is 5.73 Å². The van der Waals surface area contributed by atoms with Gasteiger partial charge in [0.15, 0.2) is 0 Å². The number of nitrogens with two attached hydrogens (primary N) is 1. The smallest absolute Gasteiger partial charge is 0.416 e. The van der Waals surface area contributed by atoms with Gasteiger partial charge >= 0.3 is 12.1 Å². The number of hydrogen-bond donors (Lipinski definition) is 1. The van der Waals surface area contributed by atoms with Crippen molar-refractivity contribution in [2.75, 3.05) is 12.4 Å². The number of hydrogen-bond acceptors (Lipinski definition) is 4. The van der Waals surface area contributed by atoms with Crippen LogP contribution in [0, 0.1) is 0 Å². The van der Waals surface area contributed by atoms with Gasteiger partial charge in [-0.05, 0) is 30.7 Å². The van der Waals surface area contributed by atoms with Gasteiger partial charge in [-0.3, -0.25) is 4.79 Å². The first-order valence-electron chi connectivity index (χ1n) is 6.50. The summed E-state index contributed by atoms with van der Waals surface area (Å²) in [5.41, 5.74) is 5.57. The lowest BCUT2D eigenvalue weighted by Gasteiger charge is -2.11. The van der Waals surface area contributed by atoms with Gasteiger partial charge in [-0.2, -0.15) is 24.9 Å². The highest BCUT2D eigenvalue weighted by Crippen LogP contribution is 2.30. The molecule has 0 radical (unpaired) electrons. The van der Waals surface area contributed by atoms with Crippen LogP contribution in [0.25, 0.3) is 0 Å². The van der Waals surface area contributed by atoms with Crippen LogP contribution in [0.5, 0.6) is 0 Å². The van der Waals surface area contributed by atoms with Crippen molar-refractivity contribution in [1.82, 2.24) is 0 Å². The maximum absolute atomic E-state index is 12.5. The zero-order chi connectivity index (χ0) is 15.9. The second-order valence-corrected chi connectivity index (χ2v) is 5.50. The molecule has 0 bridgehead atoms. The van der Waals surface area contributed by atoms with Gasteiger partial charge in [0.2, 0.25) is 0 Å². The first-order chi connectivity index (χ1) is 9.84. The normalized spacial score (nSPS) is 13.0. The van der Waals surface area contributed by atoms with E-state index < -0.39 is 23.8 Å². The monoisotopic (exact) mass is 321 g/mol. The van der Waals surface area contributed by atoms with Gasteiger partial charge in [0.25, 0.3) is 0 Å². The molecule has 0 aliphatic heterocycles. The third kappa shape index (κ3) is 6.39. The number of thioether (sulfide) groups is 1. The van der Waals surface area contributed by atoms with E-state index in [1.807, 2.05) is 0 Å². The Morgan fingerprint density at radius 1 is 1.43 bits per heavy atom. The standard InChI is InChI=1S/C14H18F3NO2S/c1-2-20-13(19)12(18)6-7-21-9-10-4-3-5-11(8-10)14(15,16)17/h3-5,8,12H,2,6-7,9,18H2,1H3. The zero-order valence-electron chi connectivity index (χ0n) is 11.7. The van der Waals surface area contributed by atoms with Crippen LogP contribution in [-0.4, -0.2) is 24.4 Å². The summed E-state index contributed by atoms with van der Waals surface area (Å²) in [4.78, 5) is 11.3. The number of alkyl halides is 3. The molecule has 0 aliphatic rings. The van der Waals surface area contributed by atoms with Gasteiger partial charge in [-0.15, -0.1) is 0 Å². The predicted octanol–water partition coefficient (Wildman–Crippen LogP) is 3.22. The third-order valence-electron chi connectivity index (χ3n) is 2.69. The average molecular weight is 321 g/mol. The number of benzene rings is 1. The van der Waals surface area contributed by atoms with E-state index in [0.717, 1.165) is 12.1 Å². The Labute approximate surface area is 126 Å². The molecule has 3 nitrogen and oxygen atoms in total. The van der Waals surface area contributed by atoms with Crippen molar-refractivity contribution < 1.29 is 22.7 Å². The molecule has 1 aromatic carbocycles. The molecule has 0 spiro atoms. The molecule has 1 unspecified atom stereocenters. The van der Waals surface area contributed by atoms with E-state index in [0.29, 0.717) is 23.5 Å². The van der Waals surface area contributed by atoms with Crippen LogP contribution in [0.4, 0.5) is 13.2 Å². The van der Waals surface area contributed by atoms with Crippen LogP contribution >= 0.6 is 11.8 Å². The van der Waals surface area contributed by atoms with Gasteiger partial charge < -0.3 is 10.5 Å². The molecule has 1 aromatic rings. The summed E-state index contributed by atoms with van der Waals surface area (Å²) >= 11 is 1.43. The SMILES string of the molecule is CCOC(=O)C(N)CCSCc1cccc(C(F)(F)F)c1. The summed E-state index contributed by atoms with van der Waals surface area (Å²) in [6.07, 6.45) is -3.89. The van der Waals surface area contributed by atoms with Crippen LogP contribution in [-0.2, 0) is 21.5 Å². The summed E-state index contributed by atoms with van der Waals surface area (Å²) in [5, 5.41) is 0. The molecule has 0 aliphatic carbocycles. The second kappa shape index (κ2) is 8.29. The Morgan fingerprint density at radius 2 is 2.14 bits per heavy atom. The van der Waals surface area contributed by atoms with E-state index >= 15 is 0 Å². The Balaban J connectivity index is 2.38. The van der Waals surface area contributed by atoms with Crippen LogP contribution in [0.2, 0.25) is 0 Å². The maximum atomic E-state index is 12.5. The Morgan fingerprint density at radius 3 is 2.76 bits per heavy atom. The third-order valence-corrected chi connectivity index (χ3v) is 3.75. The van der Waals surface area contributed by atoms with Gasteiger partial charge in [-0.25, -0.2) is 0 Å². The van der Waals surface area contributed by atoms with Crippen LogP contribution in [0.3, 0.4) is 0 Å². The number of halogens is 3. The van der Waals surface area contributed by atoms with E-state index in [9.17, 15) is 18.0 Å². The lowest BCUT2D eigenvalue weighted by molar-refractivity contribution is -0.144. The molecule has 0 saturated carbocycles. The number of esters is 1. The molecule has 0 saturated heterocycles. The predicted molar refractivity (Wildman–Crippen MR) is 76.8 cm³/mol. The van der Waals surface area contributed by atoms with Crippen LogP contribution in [0.1, 0.15) is 24.5 Å². The summed E-state index contributed by atoms with van der Waals surface area (Å²) in [6.45, 7) is 1.98. The molecular weight excluding hydrogens is 303 g/mol. The number of rotatable bonds is 7. The molecule has 0 fully saturated rings. The minimum absolute atomic E-state index is 0.282. The molecule has 21 heavy (non-hydrogen) atoms. The number of ether oxygens (including phenoxy) is 1. The Hall–Kier alpha value is -1.21. The summed E-state index contributed by atoms with van der Waals surface area (Å²) < 4.78 is 42.4. The van der Waals surface area contributed by atoms with Crippen molar-refractivity contribution in [3.8, 4) is 0 Å². The van der Waals surface area contributed by atoms with Crippen molar-refractivity contribution >= 4 is 17.7 Å². The van der Waals surface area contributed by atoms with Crippen molar-refractivity contribution in [2.45, 2.75) is 31.3 Å². The molecule has 1 rings (SSSR count). The zero-order valence-corrected chi connectivity index (χ0v) is 12.5. The molecule has 118 valence electrons. The summed E-state index contributed by atoms with van der Waals surface area (Å²) in [5.74, 6) is 0.576. The van der Waals surface area contributed by atoms with Gasteiger partial charge in [0.1, 0.15) is 6.04 Å².